The van der Waals surface area contributed by atoms with Crippen LogP contribution in [0.5, 0.6) is 0 Å². The van der Waals surface area contributed by atoms with Gasteiger partial charge < -0.3 is 0 Å². The summed E-state index contributed by atoms with van der Waals surface area (Å²) >= 11 is 0. The van der Waals surface area contributed by atoms with Crippen LogP contribution >= 0.6 is 0 Å². The van der Waals surface area contributed by atoms with E-state index in [4.69, 9.17) is 0 Å². The number of hydrogen-bond acceptors (Lipinski definition) is 3. The molecule has 25 heavy (non-hydrogen) atoms. The molecule has 0 fully saturated rings. The van der Waals surface area contributed by atoms with E-state index in [1.807, 2.05) is 30.3 Å². The van der Waals surface area contributed by atoms with E-state index in [0.29, 0.717) is 12.4 Å². The molecule has 1 atom stereocenters. The minimum atomic E-state index is -4.35. The number of aromatic nitrogens is 3. The van der Waals surface area contributed by atoms with Crippen molar-refractivity contribution in [3.05, 3.63) is 77.6 Å². The smallest absolute Gasteiger partial charge is 0.222 e. The summed E-state index contributed by atoms with van der Waals surface area (Å²) in [4.78, 5) is 8.68. The first-order valence-corrected chi connectivity index (χ1v) is 7.72. The van der Waals surface area contributed by atoms with Crippen molar-refractivity contribution in [2.45, 2.75) is 18.6 Å². The standard InChI is InChI=1S/C18H13F3N4/c19-18(20,21)14-8-6-13(7-9-14)16-10-15(12-4-2-1-3-5-12)24-17-22-11-23-25(16)17/h1-9,11,16H,10H2. The highest BCUT2D eigenvalue weighted by atomic mass is 19.4. The van der Waals surface area contributed by atoms with Crippen LogP contribution < -0.4 is 0 Å². The maximum atomic E-state index is 12.8. The molecule has 7 heteroatoms. The summed E-state index contributed by atoms with van der Waals surface area (Å²) in [6, 6.07) is 14.6. The zero-order chi connectivity index (χ0) is 17.4. The maximum Gasteiger partial charge on any atom is 0.416 e. The van der Waals surface area contributed by atoms with Crippen molar-refractivity contribution in [2.24, 2.45) is 4.99 Å². The van der Waals surface area contributed by atoms with E-state index < -0.39 is 11.7 Å². The average Bonchev–Trinajstić information content (AvgIpc) is 3.09. The first kappa shape index (κ1) is 15.6. The lowest BCUT2D eigenvalue weighted by atomic mass is 9.95. The summed E-state index contributed by atoms with van der Waals surface area (Å²) in [6.07, 6.45) is -2.41. The summed E-state index contributed by atoms with van der Waals surface area (Å²) < 4.78 is 40.0. The summed E-state index contributed by atoms with van der Waals surface area (Å²) in [5.41, 5.74) is 1.88. The van der Waals surface area contributed by atoms with Gasteiger partial charge in [-0.3, -0.25) is 0 Å². The maximum absolute atomic E-state index is 12.8. The Labute approximate surface area is 141 Å². The molecule has 1 aliphatic rings. The molecule has 0 spiro atoms. The van der Waals surface area contributed by atoms with E-state index in [-0.39, 0.29) is 6.04 Å². The van der Waals surface area contributed by atoms with Gasteiger partial charge in [-0.1, -0.05) is 42.5 Å². The van der Waals surface area contributed by atoms with Crippen molar-refractivity contribution >= 4 is 11.7 Å². The van der Waals surface area contributed by atoms with Crippen LogP contribution in [0.15, 0.2) is 65.9 Å². The molecule has 4 nitrogen and oxygen atoms in total. The van der Waals surface area contributed by atoms with E-state index in [1.165, 1.54) is 18.5 Å². The monoisotopic (exact) mass is 342 g/mol. The van der Waals surface area contributed by atoms with Crippen molar-refractivity contribution in [3.63, 3.8) is 0 Å². The lowest BCUT2D eigenvalue weighted by Gasteiger charge is -2.24. The van der Waals surface area contributed by atoms with Crippen LogP contribution in [0.3, 0.4) is 0 Å². The molecule has 2 aromatic carbocycles. The van der Waals surface area contributed by atoms with Crippen molar-refractivity contribution in [1.29, 1.82) is 0 Å². The summed E-state index contributed by atoms with van der Waals surface area (Å²) in [6.45, 7) is 0. The fourth-order valence-corrected chi connectivity index (χ4v) is 2.95. The first-order chi connectivity index (χ1) is 12.0. The number of nitrogens with zero attached hydrogens (tertiary/aromatic N) is 4. The zero-order valence-corrected chi connectivity index (χ0v) is 13.0. The molecule has 0 bridgehead atoms. The number of rotatable bonds is 2. The molecule has 1 aromatic heterocycles. The molecule has 0 radical (unpaired) electrons. The van der Waals surface area contributed by atoms with Gasteiger partial charge in [0, 0.05) is 6.42 Å². The second-order valence-corrected chi connectivity index (χ2v) is 5.77. The predicted octanol–water partition coefficient (Wildman–Crippen LogP) is 4.41. The van der Waals surface area contributed by atoms with Gasteiger partial charge in [-0.25, -0.2) is 9.67 Å². The molecule has 1 unspecified atom stereocenters. The van der Waals surface area contributed by atoms with Gasteiger partial charge in [-0.2, -0.15) is 23.3 Å². The highest BCUT2D eigenvalue weighted by molar-refractivity contribution is 6.02. The predicted molar refractivity (Wildman–Crippen MR) is 86.9 cm³/mol. The molecular weight excluding hydrogens is 329 g/mol. The molecule has 1 aliphatic heterocycles. The Balaban J connectivity index is 1.72. The molecular formula is C18H13F3N4. The van der Waals surface area contributed by atoms with Crippen LogP contribution in [0.2, 0.25) is 0 Å². The average molecular weight is 342 g/mol. The summed E-state index contributed by atoms with van der Waals surface area (Å²) in [7, 11) is 0. The third-order valence-corrected chi connectivity index (χ3v) is 4.20. The second kappa shape index (κ2) is 5.84. The number of hydrogen-bond donors (Lipinski definition) is 0. The topological polar surface area (TPSA) is 43.1 Å². The summed E-state index contributed by atoms with van der Waals surface area (Å²) in [5.74, 6) is 0.454. The largest absolute Gasteiger partial charge is 0.416 e. The van der Waals surface area contributed by atoms with E-state index in [1.54, 1.807) is 4.68 Å². The number of aliphatic imine (C=N–C) groups is 1. The van der Waals surface area contributed by atoms with Crippen molar-refractivity contribution in [3.8, 4) is 0 Å². The van der Waals surface area contributed by atoms with Gasteiger partial charge in [-0.15, -0.1) is 0 Å². The minimum absolute atomic E-state index is 0.243. The van der Waals surface area contributed by atoms with E-state index in [9.17, 15) is 13.2 Å². The lowest BCUT2D eigenvalue weighted by molar-refractivity contribution is -0.137. The van der Waals surface area contributed by atoms with Crippen LogP contribution in [0.4, 0.5) is 19.1 Å². The third-order valence-electron chi connectivity index (χ3n) is 4.20. The van der Waals surface area contributed by atoms with Crippen molar-refractivity contribution in [2.75, 3.05) is 0 Å². The molecule has 0 saturated heterocycles. The van der Waals surface area contributed by atoms with Gasteiger partial charge >= 0.3 is 6.18 Å². The molecule has 0 aliphatic carbocycles. The third kappa shape index (κ3) is 2.93. The molecule has 3 aromatic rings. The molecule has 2 heterocycles. The summed E-state index contributed by atoms with van der Waals surface area (Å²) in [5, 5.41) is 4.19. The molecule has 4 rings (SSSR count). The second-order valence-electron chi connectivity index (χ2n) is 5.77. The fourth-order valence-electron chi connectivity index (χ4n) is 2.95. The van der Waals surface area contributed by atoms with Crippen LogP contribution in [0, 0.1) is 0 Å². The van der Waals surface area contributed by atoms with Gasteiger partial charge in [-0.05, 0) is 23.3 Å². The molecule has 0 amide bonds. The van der Waals surface area contributed by atoms with Gasteiger partial charge in [0.15, 0.2) is 0 Å². The Morgan fingerprint density at radius 2 is 1.68 bits per heavy atom. The highest BCUT2D eigenvalue weighted by Gasteiger charge is 2.31. The van der Waals surface area contributed by atoms with Gasteiger partial charge in [0.2, 0.25) is 5.95 Å². The van der Waals surface area contributed by atoms with E-state index in [0.717, 1.165) is 29.0 Å². The first-order valence-electron chi connectivity index (χ1n) is 7.72. The van der Waals surface area contributed by atoms with Gasteiger partial charge in [0.25, 0.3) is 0 Å². The van der Waals surface area contributed by atoms with Crippen LogP contribution in [0.25, 0.3) is 0 Å². The van der Waals surface area contributed by atoms with E-state index >= 15 is 0 Å². The van der Waals surface area contributed by atoms with Crippen LogP contribution in [0.1, 0.15) is 29.2 Å². The SMILES string of the molecule is FC(F)(F)c1ccc(C2CC(c3ccccc3)=Nc3ncnn32)cc1. The highest BCUT2D eigenvalue weighted by Crippen LogP contribution is 2.34. The molecule has 0 saturated carbocycles. The normalized spacial score (nSPS) is 17.1. The Morgan fingerprint density at radius 3 is 2.36 bits per heavy atom. The van der Waals surface area contributed by atoms with Crippen molar-refractivity contribution < 1.29 is 13.2 Å². The Morgan fingerprint density at radius 1 is 0.960 bits per heavy atom. The lowest BCUT2D eigenvalue weighted by Crippen LogP contribution is -2.21. The van der Waals surface area contributed by atoms with Crippen LogP contribution in [-0.2, 0) is 6.18 Å². The van der Waals surface area contributed by atoms with Gasteiger partial charge in [0.05, 0.1) is 17.3 Å². The Hall–Kier alpha value is -2.96. The van der Waals surface area contributed by atoms with E-state index in [2.05, 4.69) is 15.1 Å². The number of benzene rings is 2. The fraction of sp³-hybridized carbons (Fsp3) is 0.167. The number of fused-ring (bicyclic) bond motifs is 1. The number of alkyl halides is 3. The molecule has 126 valence electrons. The Kier molecular flexibility index (Phi) is 3.63. The minimum Gasteiger partial charge on any atom is -0.222 e. The quantitative estimate of drug-likeness (QED) is 0.692. The zero-order valence-electron chi connectivity index (χ0n) is 13.0. The molecule has 0 N–H and O–H groups in total. The van der Waals surface area contributed by atoms with Gasteiger partial charge in [0.1, 0.15) is 6.33 Å². The number of halogens is 3. The Bertz CT molecular complexity index is 911. The van der Waals surface area contributed by atoms with Crippen LogP contribution in [-0.4, -0.2) is 20.5 Å². The van der Waals surface area contributed by atoms with Crippen molar-refractivity contribution in [1.82, 2.24) is 14.8 Å².